The summed E-state index contributed by atoms with van der Waals surface area (Å²) in [6.45, 7) is 2.18. The molecule has 1 aromatic rings. The topological polar surface area (TPSA) is 0 Å². The standard InChI is InChI=1S/C14H18/c1-2-3-6-12-9-10-13-7-4-5-8-14(13)11-12/h3,6,9-11H,2,4-5,7-8H2,1H3/b6-3+. The lowest BCUT2D eigenvalue weighted by Gasteiger charge is -2.15. The summed E-state index contributed by atoms with van der Waals surface area (Å²) in [7, 11) is 0. The zero-order valence-corrected chi connectivity index (χ0v) is 8.92. The summed E-state index contributed by atoms with van der Waals surface area (Å²) < 4.78 is 0. The quantitative estimate of drug-likeness (QED) is 0.655. The molecule has 14 heavy (non-hydrogen) atoms. The van der Waals surface area contributed by atoms with E-state index in [2.05, 4.69) is 37.3 Å². The minimum atomic E-state index is 1.12. The van der Waals surface area contributed by atoms with E-state index in [0.717, 1.165) is 6.42 Å². The van der Waals surface area contributed by atoms with Gasteiger partial charge < -0.3 is 0 Å². The van der Waals surface area contributed by atoms with Crippen LogP contribution in [0.2, 0.25) is 0 Å². The minimum absolute atomic E-state index is 1.12. The summed E-state index contributed by atoms with van der Waals surface area (Å²) in [5, 5.41) is 0. The molecule has 0 unspecified atom stereocenters. The van der Waals surface area contributed by atoms with Crippen molar-refractivity contribution in [3.8, 4) is 0 Å². The van der Waals surface area contributed by atoms with Crippen molar-refractivity contribution < 1.29 is 0 Å². The van der Waals surface area contributed by atoms with Crippen LogP contribution in [-0.4, -0.2) is 0 Å². The van der Waals surface area contributed by atoms with Crippen LogP contribution < -0.4 is 0 Å². The highest BCUT2D eigenvalue weighted by Crippen LogP contribution is 2.22. The Balaban J connectivity index is 2.24. The van der Waals surface area contributed by atoms with Gasteiger partial charge in [0.05, 0.1) is 0 Å². The molecule has 0 amide bonds. The lowest BCUT2D eigenvalue weighted by molar-refractivity contribution is 0.685. The van der Waals surface area contributed by atoms with E-state index in [9.17, 15) is 0 Å². The summed E-state index contributed by atoms with van der Waals surface area (Å²) in [6.07, 6.45) is 10.9. The summed E-state index contributed by atoms with van der Waals surface area (Å²) in [6, 6.07) is 6.92. The molecule has 0 radical (unpaired) electrons. The Bertz CT molecular complexity index is 334. The average molecular weight is 186 g/mol. The van der Waals surface area contributed by atoms with E-state index in [1.807, 2.05) is 0 Å². The Kier molecular flexibility index (Phi) is 3.03. The Morgan fingerprint density at radius 3 is 2.71 bits per heavy atom. The lowest BCUT2D eigenvalue weighted by Crippen LogP contribution is -2.02. The molecule has 0 heteroatoms. The van der Waals surface area contributed by atoms with E-state index < -0.39 is 0 Å². The van der Waals surface area contributed by atoms with Crippen molar-refractivity contribution in [3.05, 3.63) is 41.0 Å². The average Bonchev–Trinajstić information content (AvgIpc) is 2.26. The first kappa shape index (κ1) is 9.51. The number of allylic oxidation sites excluding steroid dienone is 1. The molecule has 0 fully saturated rings. The second-order valence-electron chi connectivity index (χ2n) is 4.05. The maximum Gasteiger partial charge on any atom is -0.0257 e. The maximum absolute atomic E-state index is 2.36. The van der Waals surface area contributed by atoms with E-state index in [1.54, 1.807) is 11.1 Å². The second kappa shape index (κ2) is 4.45. The Hall–Kier alpha value is -1.04. The van der Waals surface area contributed by atoms with E-state index in [-0.39, 0.29) is 0 Å². The number of hydrogen-bond donors (Lipinski definition) is 0. The molecular formula is C14H18. The van der Waals surface area contributed by atoms with Gasteiger partial charge in [-0.25, -0.2) is 0 Å². The van der Waals surface area contributed by atoms with E-state index in [1.165, 1.54) is 31.2 Å². The molecule has 0 spiro atoms. The third-order valence-electron chi connectivity index (χ3n) is 2.92. The Morgan fingerprint density at radius 1 is 1.14 bits per heavy atom. The monoisotopic (exact) mass is 186 g/mol. The van der Waals surface area contributed by atoms with Gasteiger partial charge in [-0.3, -0.25) is 0 Å². The Labute approximate surface area is 86.7 Å². The van der Waals surface area contributed by atoms with Crippen LogP contribution in [0.3, 0.4) is 0 Å². The van der Waals surface area contributed by atoms with Crippen molar-refractivity contribution in [1.82, 2.24) is 0 Å². The van der Waals surface area contributed by atoms with Gasteiger partial charge in [0.25, 0.3) is 0 Å². The smallest absolute Gasteiger partial charge is 0.0257 e. The zero-order chi connectivity index (χ0) is 9.80. The molecule has 0 bridgehead atoms. The third kappa shape index (κ3) is 2.06. The van der Waals surface area contributed by atoms with Crippen LogP contribution in [-0.2, 0) is 12.8 Å². The van der Waals surface area contributed by atoms with Crippen LogP contribution in [0, 0.1) is 0 Å². The van der Waals surface area contributed by atoms with Gasteiger partial charge in [-0.15, -0.1) is 0 Å². The molecule has 0 heterocycles. The number of benzene rings is 1. The molecule has 0 saturated heterocycles. The van der Waals surface area contributed by atoms with Gasteiger partial charge >= 0.3 is 0 Å². The van der Waals surface area contributed by atoms with Crippen molar-refractivity contribution in [2.45, 2.75) is 39.0 Å². The van der Waals surface area contributed by atoms with Gasteiger partial charge in [0, 0.05) is 0 Å². The second-order valence-corrected chi connectivity index (χ2v) is 4.05. The number of aryl methyl sites for hydroxylation is 2. The highest BCUT2D eigenvalue weighted by atomic mass is 14.1. The third-order valence-corrected chi connectivity index (χ3v) is 2.92. The van der Waals surface area contributed by atoms with Crippen LogP contribution in [0.15, 0.2) is 24.3 Å². The summed E-state index contributed by atoms with van der Waals surface area (Å²) >= 11 is 0. The molecule has 0 atom stereocenters. The fraction of sp³-hybridized carbons (Fsp3) is 0.429. The number of hydrogen-bond acceptors (Lipinski definition) is 0. The molecule has 0 aliphatic heterocycles. The van der Waals surface area contributed by atoms with Gasteiger partial charge in [-0.2, -0.15) is 0 Å². The van der Waals surface area contributed by atoms with Gasteiger partial charge in [0.2, 0.25) is 0 Å². The van der Waals surface area contributed by atoms with Gasteiger partial charge in [-0.05, 0) is 48.8 Å². The minimum Gasteiger partial charge on any atom is -0.0842 e. The largest absolute Gasteiger partial charge is 0.0842 e. The van der Waals surface area contributed by atoms with Crippen molar-refractivity contribution in [1.29, 1.82) is 0 Å². The van der Waals surface area contributed by atoms with Crippen LogP contribution in [0.1, 0.15) is 42.9 Å². The van der Waals surface area contributed by atoms with Crippen LogP contribution in [0.5, 0.6) is 0 Å². The summed E-state index contributed by atoms with van der Waals surface area (Å²) in [5.41, 5.74) is 4.52. The zero-order valence-electron chi connectivity index (χ0n) is 8.92. The molecule has 0 saturated carbocycles. The molecule has 1 aromatic carbocycles. The lowest BCUT2D eigenvalue weighted by atomic mass is 9.90. The first-order chi connectivity index (χ1) is 6.90. The van der Waals surface area contributed by atoms with Crippen LogP contribution in [0.25, 0.3) is 6.08 Å². The highest BCUT2D eigenvalue weighted by molar-refractivity contribution is 5.52. The molecule has 0 N–H and O–H groups in total. The summed E-state index contributed by atoms with van der Waals surface area (Å²) in [5.74, 6) is 0. The van der Waals surface area contributed by atoms with Crippen LogP contribution in [0.4, 0.5) is 0 Å². The van der Waals surface area contributed by atoms with Crippen LogP contribution >= 0.6 is 0 Å². The highest BCUT2D eigenvalue weighted by Gasteiger charge is 2.08. The molecule has 74 valence electrons. The van der Waals surface area contributed by atoms with E-state index in [4.69, 9.17) is 0 Å². The van der Waals surface area contributed by atoms with Gasteiger partial charge in [0.15, 0.2) is 0 Å². The van der Waals surface area contributed by atoms with Crippen molar-refractivity contribution in [2.75, 3.05) is 0 Å². The van der Waals surface area contributed by atoms with Gasteiger partial charge in [-0.1, -0.05) is 37.3 Å². The molecule has 1 aliphatic carbocycles. The SMILES string of the molecule is CC/C=C/c1ccc2c(c1)CCCC2. The summed E-state index contributed by atoms with van der Waals surface area (Å²) in [4.78, 5) is 0. The van der Waals surface area contributed by atoms with E-state index >= 15 is 0 Å². The normalized spacial score (nSPS) is 15.8. The fourth-order valence-electron chi connectivity index (χ4n) is 2.11. The number of fused-ring (bicyclic) bond motifs is 1. The molecule has 0 aromatic heterocycles. The molecule has 2 rings (SSSR count). The fourth-order valence-corrected chi connectivity index (χ4v) is 2.11. The molecule has 1 aliphatic rings. The predicted molar refractivity (Wildman–Crippen MR) is 62.4 cm³/mol. The first-order valence-electron chi connectivity index (χ1n) is 5.68. The van der Waals surface area contributed by atoms with Crippen molar-refractivity contribution in [3.63, 3.8) is 0 Å². The van der Waals surface area contributed by atoms with Crippen molar-refractivity contribution >= 4 is 6.08 Å². The Morgan fingerprint density at radius 2 is 1.93 bits per heavy atom. The molecular weight excluding hydrogens is 168 g/mol. The van der Waals surface area contributed by atoms with Gasteiger partial charge in [0.1, 0.15) is 0 Å². The predicted octanol–water partition coefficient (Wildman–Crippen LogP) is 3.99. The number of rotatable bonds is 2. The van der Waals surface area contributed by atoms with Crippen molar-refractivity contribution in [2.24, 2.45) is 0 Å². The molecule has 0 nitrogen and oxygen atoms in total. The van der Waals surface area contributed by atoms with E-state index in [0.29, 0.717) is 0 Å². The first-order valence-corrected chi connectivity index (χ1v) is 5.68. The maximum atomic E-state index is 2.36.